The molecule has 0 spiro atoms. The summed E-state index contributed by atoms with van der Waals surface area (Å²) in [5.74, 6) is 1.33. The second-order valence-corrected chi connectivity index (χ2v) is 9.58. The average molecular weight is 306 g/mol. The molecule has 0 aromatic carbocycles. The molecule has 0 bridgehead atoms. The summed E-state index contributed by atoms with van der Waals surface area (Å²) in [7, 11) is 0. The third-order valence-electron chi connectivity index (χ3n) is 7.66. The van der Waals surface area contributed by atoms with Crippen LogP contribution in [0.4, 0.5) is 0 Å². The molecule has 1 N–H and O–H groups in total. The van der Waals surface area contributed by atoms with Crippen LogP contribution in [0.5, 0.6) is 0 Å². The number of hydrogen-bond acceptors (Lipinski definition) is 2. The lowest BCUT2D eigenvalue weighted by atomic mass is 9.45. The molecule has 2 nitrogen and oxygen atoms in total. The van der Waals surface area contributed by atoms with Crippen molar-refractivity contribution in [2.24, 2.45) is 22.7 Å². The summed E-state index contributed by atoms with van der Waals surface area (Å²) in [6.07, 6.45) is 8.90. The van der Waals surface area contributed by atoms with E-state index in [0.29, 0.717) is 16.7 Å². The van der Waals surface area contributed by atoms with E-state index in [0.717, 1.165) is 18.8 Å². The Hall–Kier alpha value is -0.340. The molecule has 22 heavy (non-hydrogen) atoms. The molecule has 126 valence electrons. The van der Waals surface area contributed by atoms with E-state index in [1.165, 1.54) is 25.7 Å². The van der Waals surface area contributed by atoms with Gasteiger partial charge in [0.1, 0.15) is 5.60 Å². The molecule has 0 unspecified atom stereocenters. The van der Waals surface area contributed by atoms with E-state index in [1.54, 1.807) is 6.08 Å². The van der Waals surface area contributed by atoms with Crippen molar-refractivity contribution >= 4 is 0 Å². The summed E-state index contributed by atoms with van der Waals surface area (Å²) in [6, 6.07) is 0. The number of rotatable bonds is 2. The topological polar surface area (TPSA) is 29.5 Å². The van der Waals surface area contributed by atoms with E-state index in [9.17, 15) is 5.11 Å². The monoisotopic (exact) mass is 306 g/mol. The van der Waals surface area contributed by atoms with Gasteiger partial charge in [0.05, 0.1) is 11.7 Å². The van der Waals surface area contributed by atoms with E-state index >= 15 is 0 Å². The molecule has 3 aliphatic rings. The minimum absolute atomic E-state index is 0.0731. The third kappa shape index (κ3) is 2.21. The summed E-state index contributed by atoms with van der Waals surface area (Å²) in [5.41, 5.74) is -0.207. The molecule has 1 aliphatic heterocycles. The first-order chi connectivity index (χ1) is 10.1. The highest BCUT2D eigenvalue weighted by molar-refractivity contribution is 5.14. The largest absolute Gasteiger partial charge is 0.383 e. The van der Waals surface area contributed by atoms with Gasteiger partial charge in [-0.25, -0.2) is 0 Å². The maximum atomic E-state index is 10.6. The number of hydrogen-bond donors (Lipinski definition) is 1. The van der Waals surface area contributed by atoms with Crippen LogP contribution < -0.4 is 0 Å². The van der Waals surface area contributed by atoms with Crippen molar-refractivity contribution in [2.45, 2.75) is 90.4 Å². The van der Waals surface area contributed by atoms with E-state index in [2.05, 4.69) is 34.3 Å². The lowest BCUT2D eigenvalue weighted by molar-refractivity contribution is -0.168. The van der Waals surface area contributed by atoms with Gasteiger partial charge in [0, 0.05) is 0 Å². The molecule has 0 aromatic rings. The van der Waals surface area contributed by atoms with Gasteiger partial charge in [0.15, 0.2) is 0 Å². The van der Waals surface area contributed by atoms with Gasteiger partial charge in [-0.15, -0.1) is 6.58 Å². The molecule has 0 radical (unpaired) electrons. The molecule has 2 saturated carbocycles. The Bertz CT molecular complexity index is 466. The molecular formula is C20H34O2. The van der Waals surface area contributed by atoms with E-state index < -0.39 is 5.60 Å². The van der Waals surface area contributed by atoms with Gasteiger partial charge < -0.3 is 9.84 Å². The fraction of sp³-hybridized carbons (Fsp3) is 0.900. The van der Waals surface area contributed by atoms with Crippen LogP contribution in [-0.4, -0.2) is 22.4 Å². The molecule has 3 fully saturated rings. The summed E-state index contributed by atoms with van der Waals surface area (Å²) in [4.78, 5) is 0. The van der Waals surface area contributed by atoms with Crippen molar-refractivity contribution < 1.29 is 9.84 Å². The number of fused-ring (bicyclic) bond motifs is 3. The van der Waals surface area contributed by atoms with Crippen LogP contribution >= 0.6 is 0 Å². The van der Waals surface area contributed by atoms with Gasteiger partial charge in [-0.1, -0.05) is 33.3 Å². The molecular weight excluding hydrogens is 272 g/mol. The minimum atomic E-state index is -0.920. The predicted octanol–water partition coefficient (Wildman–Crippen LogP) is 4.71. The summed E-state index contributed by atoms with van der Waals surface area (Å²) < 4.78 is 6.47. The Balaban J connectivity index is 1.94. The zero-order valence-corrected chi connectivity index (χ0v) is 15.1. The van der Waals surface area contributed by atoms with Crippen molar-refractivity contribution in [3.63, 3.8) is 0 Å². The standard InChI is InChI=1S/C20H34O2/c1-7-19(5,21)16-13-15-18(4)11-8-10-17(2,3)14(18)9-12-20(15,6)22-16/h7,14-16,21H,1,8-13H2,2-6H3/t14-,15+,16-,18-,19-,20+/m0/s1. The Labute approximate surface area is 136 Å². The Morgan fingerprint density at radius 3 is 2.45 bits per heavy atom. The van der Waals surface area contributed by atoms with Crippen molar-refractivity contribution in [1.82, 2.24) is 0 Å². The molecule has 2 aliphatic carbocycles. The Kier molecular flexibility index (Phi) is 3.63. The normalized spacial score (nSPS) is 49.8. The van der Waals surface area contributed by atoms with Crippen LogP contribution in [0.25, 0.3) is 0 Å². The van der Waals surface area contributed by atoms with Crippen molar-refractivity contribution in [3.05, 3.63) is 12.7 Å². The molecule has 0 aromatic heterocycles. The van der Waals surface area contributed by atoms with E-state index in [4.69, 9.17) is 4.74 Å². The van der Waals surface area contributed by atoms with Gasteiger partial charge in [0.2, 0.25) is 0 Å². The van der Waals surface area contributed by atoms with Crippen LogP contribution in [-0.2, 0) is 4.74 Å². The van der Waals surface area contributed by atoms with Crippen LogP contribution in [0, 0.1) is 22.7 Å². The zero-order chi connectivity index (χ0) is 16.4. The number of ether oxygens (including phenoxy) is 1. The predicted molar refractivity (Wildman–Crippen MR) is 90.7 cm³/mol. The summed E-state index contributed by atoms with van der Waals surface area (Å²) in [5, 5.41) is 10.6. The summed E-state index contributed by atoms with van der Waals surface area (Å²) in [6.45, 7) is 15.4. The fourth-order valence-corrected chi connectivity index (χ4v) is 6.34. The third-order valence-corrected chi connectivity index (χ3v) is 7.66. The second kappa shape index (κ2) is 4.83. The maximum Gasteiger partial charge on any atom is 0.106 e. The van der Waals surface area contributed by atoms with Crippen molar-refractivity contribution in [3.8, 4) is 0 Å². The first kappa shape index (κ1) is 16.5. The van der Waals surface area contributed by atoms with Gasteiger partial charge >= 0.3 is 0 Å². The smallest absolute Gasteiger partial charge is 0.106 e. The summed E-state index contributed by atoms with van der Waals surface area (Å²) >= 11 is 0. The average Bonchev–Trinajstić information content (AvgIpc) is 2.78. The van der Waals surface area contributed by atoms with Crippen molar-refractivity contribution in [1.29, 1.82) is 0 Å². The highest BCUT2D eigenvalue weighted by Crippen LogP contribution is 2.66. The van der Waals surface area contributed by atoms with Gasteiger partial charge in [-0.3, -0.25) is 0 Å². The van der Waals surface area contributed by atoms with Gasteiger partial charge in [0.25, 0.3) is 0 Å². The molecule has 2 heteroatoms. The van der Waals surface area contributed by atoms with Crippen LogP contribution in [0.2, 0.25) is 0 Å². The molecule has 0 amide bonds. The fourth-order valence-electron chi connectivity index (χ4n) is 6.34. The quantitative estimate of drug-likeness (QED) is 0.748. The number of aliphatic hydroxyl groups is 1. The first-order valence-corrected chi connectivity index (χ1v) is 9.09. The maximum absolute atomic E-state index is 10.6. The highest BCUT2D eigenvalue weighted by Gasteiger charge is 2.63. The Morgan fingerprint density at radius 1 is 1.14 bits per heavy atom. The Morgan fingerprint density at radius 2 is 1.82 bits per heavy atom. The zero-order valence-electron chi connectivity index (χ0n) is 15.1. The van der Waals surface area contributed by atoms with Gasteiger partial charge in [-0.05, 0) is 68.6 Å². The molecule has 3 rings (SSSR count). The van der Waals surface area contributed by atoms with Gasteiger partial charge in [-0.2, -0.15) is 0 Å². The lowest BCUT2D eigenvalue weighted by Gasteiger charge is -2.60. The van der Waals surface area contributed by atoms with E-state index in [-0.39, 0.29) is 11.7 Å². The molecule has 1 saturated heterocycles. The minimum Gasteiger partial charge on any atom is -0.383 e. The lowest BCUT2D eigenvalue weighted by Crippen LogP contribution is -2.55. The van der Waals surface area contributed by atoms with E-state index in [1.807, 2.05) is 6.92 Å². The first-order valence-electron chi connectivity index (χ1n) is 9.09. The van der Waals surface area contributed by atoms with Crippen LogP contribution in [0.1, 0.15) is 73.1 Å². The van der Waals surface area contributed by atoms with Crippen molar-refractivity contribution in [2.75, 3.05) is 0 Å². The second-order valence-electron chi connectivity index (χ2n) is 9.58. The van der Waals surface area contributed by atoms with Crippen LogP contribution in [0.3, 0.4) is 0 Å². The highest BCUT2D eigenvalue weighted by atomic mass is 16.5. The van der Waals surface area contributed by atoms with Crippen LogP contribution in [0.15, 0.2) is 12.7 Å². The molecule has 6 atom stereocenters. The molecule has 1 heterocycles. The SMILES string of the molecule is C=C[C@](C)(O)[C@@H]1C[C@@H]2[C@@]3(C)CCCC(C)(C)[C@@H]3CC[C@@]2(C)O1.